The molecule has 3 fully saturated rings. The Morgan fingerprint density at radius 3 is 3.12 bits per heavy atom. The average Bonchev–Trinajstić information content (AvgIpc) is 2.72. The quantitative estimate of drug-likeness (QED) is 0.746. The number of nitrogens with one attached hydrogen (secondary N) is 1. The van der Waals surface area contributed by atoms with Crippen LogP contribution in [0.25, 0.3) is 0 Å². The van der Waals surface area contributed by atoms with Crippen LogP contribution in [-0.2, 0) is 9.47 Å². The van der Waals surface area contributed by atoms with E-state index in [0.29, 0.717) is 12.1 Å². The molecular weight excluding hydrogens is 204 g/mol. The lowest BCUT2D eigenvalue weighted by Crippen LogP contribution is -2.47. The molecule has 0 spiro atoms. The molecule has 92 valence electrons. The van der Waals surface area contributed by atoms with E-state index in [4.69, 9.17) is 9.47 Å². The van der Waals surface area contributed by atoms with Gasteiger partial charge in [-0.2, -0.15) is 0 Å². The Hall–Kier alpha value is -0.160. The number of hydrogen-bond acceptors (Lipinski definition) is 4. The summed E-state index contributed by atoms with van der Waals surface area (Å²) >= 11 is 0. The van der Waals surface area contributed by atoms with Crippen LogP contribution >= 0.6 is 0 Å². The van der Waals surface area contributed by atoms with E-state index in [-0.39, 0.29) is 6.29 Å². The van der Waals surface area contributed by atoms with Crippen molar-refractivity contribution in [3.05, 3.63) is 0 Å². The number of nitrogens with zero attached hydrogens (tertiary/aromatic N) is 1. The largest absolute Gasteiger partial charge is 0.353 e. The fraction of sp³-hybridized carbons (Fsp3) is 1.00. The second-order valence-electron chi connectivity index (χ2n) is 5.14. The lowest BCUT2D eigenvalue weighted by Gasteiger charge is -2.29. The van der Waals surface area contributed by atoms with E-state index >= 15 is 0 Å². The molecule has 3 atom stereocenters. The van der Waals surface area contributed by atoms with Crippen molar-refractivity contribution < 1.29 is 9.47 Å². The summed E-state index contributed by atoms with van der Waals surface area (Å²) in [4.78, 5) is 2.56. The molecule has 1 N–H and O–H groups in total. The molecule has 3 aliphatic rings. The normalized spacial score (nSPS) is 40.9. The summed E-state index contributed by atoms with van der Waals surface area (Å²) in [5, 5.41) is 3.45. The van der Waals surface area contributed by atoms with Crippen molar-refractivity contribution in [1.29, 1.82) is 0 Å². The van der Waals surface area contributed by atoms with Gasteiger partial charge in [0.05, 0.1) is 6.10 Å². The minimum atomic E-state index is 0.0769. The first-order chi connectivity index (χ1) is 7.92. The summed E-state index contributed by atoms with van der Waals surface area (Å²) < 4.78 is 11.7. The Morgan fingerprint density at radius 2 is 2.31 bits per heavy atom. The molecule has 0 aromatic rings. The van der Waals surface area contributed by atoms with Crippen LogP contribution in [0.15, 0.2) is 0 Å². The predicted molar refractivity (Wildman–Crippen MR) is 61.3 cm³/mol. The van der Waals surface area contributed by atoms with Gasteiger partial charge in [0.15, 0.2) is 6.29 Å². The minimum Gasteiger partial charge on any atom is -0.353 e. The minimum absolute atomic E-state index is 0.0769. The molecule has 16 heavy (non-hydrogen) atoms. The molecule has 4 heteroatoms. The van der Waals surface area contributed by atoms with Crippen LogP contribution in [0, 0.1) is 0 Å². The number of fused-ring (bicyclic) bond motifs is 1. The SMILES string of the molecule is C1CCC(O[C@H]2C[C@H]3CNCCN3C2)OC1. The molecule has 0 saturated carbocycles. The van der Waals surface area contributed by atoms with Crippen molar-refractivity contribution in [2.75, 3.05) is 32.8 Å². The lowest BCUT2D eigenvalue weighted by molar-refractivity contribution is -0.185. The van der Waals surface area contributed by atoms with Gasteiger partial charge >= 0.3 is 0 Å². The highest BCUT2D eigenvalue weighted by molar-refractivity contribution is 4.90. The average molecular weight is 226 g/mol. The van der Waals surface area contributed by atoms with E-state index in [0.717, 1.165) is 32.7 Å². The predicted octanol–water partition coefficient (Wildman–Crippen LogP) is 0.576. The lowest BCUT2D eigenvalue weighted by atomic mass is 10.1. The summed E-state index contributed by atoms with van der Waals surface area (Å²) in [6.45, 7) is 5.42. The van der Waals surface area contributed by atoms with Crippen molar-refractivity contribution >= 4 is 0 Å². The molecule has 3 heterocycles. The van der Waals surface area contributed by atoms with Crippen LogP contribution in [0.4, 0.5) is 0 Å². The van der Waals surface area contributed by atoms with E-state index in [1.54, 1.807) is 0 Å². The Labute approximate surface area is 97.3 Å². The zero-order valence-corrected chi connectivity index (χ0v) is 9.86. The molecule has 3 saturated heterocycles. The summed E-state index contributed by atoms with van der Waals surface area (Å²) in [5.41, 5.74) is 0. The van der Waals surface area contributed by atoms with E-state index in [1.807, 2.05) is 0 Å². The third kappa shape index (κ3) is 2.40. The van der Waals surface area contributed by atoms with Crippen molar-refractivity contribution in [2.45, 2.75) is 44.1 Å². The van der Waals surface area contributed by atoms with E-state index in [9.17, 15) is 0 Å². The smallest absolute Gasteiger partial charge is 0.158 e. The number of rotatable bonds is 2. The highest BCUT2D eigenvalue weighted by Crippen LogP contribution is 2.24. The molecule has 3 aliphatic heterocycles. The van der Waals surface area contributed by atoms with Crippen LogP contribution in [0.3, 0.4) is 0 Å². The zero-order valence-electron chi connectivity index (χ0n) is 9.86. The highest BCUT2D eigenvalue weighted by atomic mass is 16.7. The van der Waals surface area contributed by atoms with Crippen LogP contribution < -0.4 is 5.32 Å². The monoisotopic (exact) mass is 226 g/mol. The van der Waals surface area contributed by atoms with E-state index in [1.165, 1.54) is 25.8 Å². The van der Waals surface area contributed by atoms with Crippen molar-refractivity contribution in [1.82, 2.24) is 10.2 Å². The highest BCUT2D eigenvalue weighted by Gasteiger charge is 2.35. The fourth-order valence-electron chi connectivity index (χ4n) is 3.05. The molecule has 0 aliphatic carbocycles. The molecule has 1 unspecified atom stereocenters. The molecule has 0 amide bonds. The molecule has 0 aromatic heterocycles. The van der Waals surface area contributed by atoms with Gasteiger partial charge in [0.25, 0.3) is 0 Å². The van der Waals surface area contributed by atoms with Gasteiger partial charge in [-0.25, -0.2) is 0 Å². The summed E-state index contributed by atoms with van der Waals surface area (Å²) in [6, 6.07) is 0.697. The van der Waals surface area contributed by atoms with Crippen molar-refractivity contribution in [2.24, 2.45) is 0 Å². The van der Waals surface area contributed by atoms with Gasteiger partial charge in [-0.3, -0.25) is 4.90 Å². The summed E-state index contributed by atoms with van der Waals surface area (Å²) in [6.07, 6.45) is 5.18. The van der Waals surface area contributed by atoms with Crippen LogP contribution in [-0.4, -0.2) is 56.1 Å². The maximum absolute atomic E-state index is 6.05. The number of ether oxygens (including phenoxy) is 2. The third-order valence-electron chi connectivity index (χ3n) is 3.93. The van der Waals surface area contributed by atoms with Crippen LogP contribution in [0.1, 0.15) is 25.7 Å². The maximum atomic E-state index is 6.05. The zero-order chi connectivity index (χ0) is 10.8. The molecular formula is C12H22N2O2. The van der Waals surface area contributed by atoms with Gasteiger partial charge < -0.3 is 14.8 Å². The molecule has 3 rings (SSSR count). The van der Waals surface area contributed by atoms with E-state index < -0.39 is 0 Å². The van der Waals surface area contributed by atoms with Crippen molar-refractivity contribution in [3.8, 4) is 0 Å². The molecule has 0 aromatic carbocycles. The fourth-order valence-corrected chi connectivity index (χ4v) is 3.05. The standard InChI is InChI=1S/C12H22N2O2/c1-2-6-15-12(3-1)16-11-7-10-8-13-4-5-14(10)9-11/h10-13H,1-9H2/t10-,11-,12?/m0/s1. The first-order valence-electron chi connectivity index (χ1n) is 6.63. The van der Waals surface area contributed by atoms with Crippen LogP contribution in [0.5, 0.6) is 0 Å². The Balaban J connectivity index is 1.49. The van der Waals surface area contributed by atoms with Crippen LogP contribution in [0.2, 0.25) is 0 Å². The van der Waals surface area contributed by atoms with Gasteiger partial charge in [-0.1, -0.05) is 0 Å². The number of hydrogen-bond donors (Lipinski definition) is 1. The Bertz CT molecular complexity index is 217. The van der Waals surface area contributed by atoms with Gasteiger partial charge in [-0.15, -0.1) is 0 Å². The third-order valence-corrected chi connectivity index (χ3v) is 3.93. The number of piperazine rings is 1. The van der Waals surface area contributed by atoms with E-state index in [2.05, 4.69) is 10.2 Å². The molecule has 0 bridgehead atoms. The van der Waals surface area contributed by atoms with Gasteiger partial charge in [0.2, 0.25) is 0 Å². The Kier molecular flexibility index (Phi) is 3.43. The second-order valence-corrected chi connectivity index (χ2v) is 5.14. The van der Waals surface area contributed by atoms with Gasteiger partial charge in [0, 0.05) is 38.8 Å². The molecule has 0 radical (unpaired) electrons. The maximum Gasteiger partial charge on any atom is 0.158 e. The Morgan fingerprint density at radius 1 is 1.31 bits per heavy atom. The molecule has 4 nitrogen and oxygen atoms in total. The first kappa shape index (κ1) is 11.0. The van der Waals surface area contributed by atoms with Gasteiger partial charge in [-0.05, 0) is 25.7 Å². The topological polar surface area (TPSA) is 33.7 Å². The summed E-state index contributed by atoms with van der Waals surface area (Å²) in [7, 11) is 0. The first-order valence-corrected chi connectivity index (χ1v) is 6.63. The van der Waals surface area contributed by atoms with Crippen molar-refractivity contribution in [3.63, 3.8) is 0 Å². The second kappa shape index (κ2) is 5.00. The summed E-state index contributed by atoms with van der Waals surface area (Å²) in [5.74, 6) is 0. The van der Waals surface area contributed by atoms with Gasteiger partial charge in [0.1, 0.15) is 0 Å².